The molecule has 41 heavy (non-hydrogen) atoms. The highest BCUT2D eigenvalue weighted by Crippen LogP contribution is 2.31. The number of anilines is 2. The van der Waals surface area contributed by atoms with Crippen molar-refractivity contribution in [1.82, 2.24) is 15.1 Å². The lowest BCUT2D eigenvalue weighted by atomic mass is 9.96. The zero-order valence-corrected chi connectivity index (χ0v) is 23.9. The number of benzene rings is 2. The Kier molecular flexibility index (Phi) is 10.0. The first-order chi connectivity index (χ1) is 19.6. The van der Waals surface area contributed by atoms with Gasteiger partial charge in [0.1, 0.15) is 17.7 Å². The van der Waals surface area contributed by atoms with Gasteiger partial charge < -0.3 is 35.6 Å². The predicted octanol–water partition coefficient (Wildman–Crippen LogP) is 4.66. The van der Waals surface area contributed by atoms with Crippen LogP contribution in [0.1, 0.15) is 56.3 Å². The highest BCUT2D eigenvalue weighted by Gasteiger charge is 2.34. The van der Waals surface area contributed by atoms with E-state index in [4.69, 9.17) is 4.74 Å². The standard InChI is InChI=1S/C30H40FN5O5/c1-19-16-36(20(2)18-37)28(38)25-15-24(33-29(39)32-22-7-5-4-6-8-22)13-14-26(25)41-27(19)17-35(3)30(40)34-23-11-9-21(31)10-12-23/h9-15,19-20,22,27,37H,4-8,16-18H2,1-3H3,(H,34,40)(H2,32,33,39)/t19-,20+,27+/m0/s1. The molecule has 1 heterocycles. The van der Waals surface area contributed by atoms with E-state index in [1.807, 2.05) is 6.92 Å². The lowest BCUT2D eigenvalue weighted by Crippen LogP contribution is -2.50. The summed E-state index contributed by atoms with van der Waals surface area (Å²) in [4.78, 5) is 42.2. The van der Waals surface area contributed by atoms with Crippen molar-refractivity contribution in [3.8, 4) is 5.75 Å². The number of halogens is 1. The summed E-state index contributed by atoms with van der Waals surface area (Å²) in [7, 11) is 1.63. The van der Waals surface area contributed by atoms with E-state index in [-0.39, 0.29) is 49.2 Å². The van der Waals surface area contributed by atoms with Gasteiger partial charge in [-0.25, -0.2) is 14.0 Å². The lowest BCUT2D eigenvalue weighted by Gasteiger charge is -2.38. The number of carbonyl (C=O) groups excluding carboxylic acids is 3. The van der Waals surface area contributed by atoms with Crippen LogP contribution in [0, 0.1) is 11.7 Å². The Labute approximate surface area is 240 Å². The molecule has 2 aliphatic rings. The van der Waals surface area contributed by atoms with Crippen LogP contribution in [0.15, 0.2) is 42.5 Å². The minimum absolute atomic E-state index is 0.137. The minimum atomic E-state index is -0.493. The van der Waals surface area contributed by atoms with Crippen molar-refractivity contribution < 1.29 is 28.6 Å². The van der Waals surface area contributed by atoms with Gasteiger partial charge in [0.05, 0.1) is 24.8 Å². The van der Waals surface area contributed by atoms with E-state index in [1.165, 1.54) is 35.6 Å². The van der Waals surface area contributed by atoms with E-state index in [1.54, 1.807) is 37.1 Å². The van der Waals surface area contributed by atoms with Crippen molar-refractivity contribution in [3.05, 3.63) is 53.8 Å². The molecule has 1 fully saturated rings. The number of likely N-dealkylation sites (N-methyl/N-ethyl adjacent to an activating group) is 1. The number of nitrogens with zero attached hydrogens (tertiary/aromatic N) is 2. The Balaban J connectivity index is 1.52. The minimum Gasteiger partial charge on any atom is -0.487 e. The van der Waals surface area contributed by atoms with E-state index >= 15 is 0 Å². The van der Waals surface area contributed by atoms with Crippen LogP contribution in [0.25, 0.3) is 0 Å². The number of hydrogen-bond acceptors (Lipinski definition) is 5. The second-order valence-electron chi connectivity index (χ2n) is 11.1. The quantitative estimate of drug-likeness (QED) is 0.386. The first-order valence-electron chi connectivity index (χ1n) is 14.2. The fourth-order valence-corrected chi connectivity index (χ4v) is 5.22. The highest BCUT2D eigenvalue weighted by atomic mass is 19.1. The van der Waals surface area contributed by atoms with Gasteiger partial charge in [0.25, 0.3) is 5.91 Å². The zero-order chi connectivity index (χ0) is 29.5. The molecule has 11 heteroatoms. The van der Waals surface area contributed by atoms with Gasteiger partial charge in [-0.3, -0.25) is 4.79 Å². The van der Waals surface area contributed by atoms with Crippen LogP contribution in [-0.4, -0.2) is 77.8 Å². The van der Waals surface area contributed by atoms with Gasteiger partial charge in [0, 0.05) is 36.9 Å². The van der Waals surface area contributed by atoms with Crippen molar-refractivity contribution in [1.29, 1.82) is 0 Å². The number of urea groups is 2. The van der Waals surface area contributed by atoms with E-state index in [0.29, 0.717) is 17.1 Å². The third-order valence-corrected chi connectivity index (χ3v) is 7.76. The molecule has 1 saturated carbocycles. The van der Waals surface area contributed by atoms with Crippen LogP contribution in [0.4, 0.5) is 25.4 Å². The molecule has 1 aliphatic carbocycles. The molecule has 0 aromatic heterocycles. The van der Waals surface area contributed by atoms with Crippen LogP contribution in [-0.2, 0) is 0 Å². The third kappa shape index (κ3) is 7.87. The van der Waals surface area contributed by atoms with Gasteiger partial charge in [-0.05, 0) is 62.2 Å². The molecule has 2 aromatic carbocycles. The molecule has 0 spiro atoms. The van der Waals surface area contributed by atoms with Gasteiger partial charge >= 0.3 is 12.1 Å². The fourth-order valence-electron chi connectivity index (χ4n) is 5.22. The van der Waals surface area contributed by atoms with Crippen LogP contribution in [0.2, 0.25) is 0 Å². The molecule has 0 unspecified atom stereocenters. The summed E-state index contributed by atoms with van der Waals surface area (Å²) < 4.78 is 19.6. The summed E-state index contributed by atoms with van der Waals surface area (Å²) in [5, 5.41) is 18.5. The number of rotatable bonds is 7. The number of ether oxygens (including phenoxy) is 1. The summed E-state index contributed by atoms with van der Waals surface area (Å²) in [6.45, 7) is 3.97. The molecule has 10 nitrogen and oxygen atoms in total. The number of hydrogen-bond donors (Lipinski definition) is 4. The average molecular weight is 570 g/mol. The second kappa shape index (κ2) is 13.7. The maximum Gasteiger partial charge on any atom is 0.321 e. The Hall–Kier alpha value is -3.86. The van der Waals surface area contributed by atoms with E-state index in [9.17, 15) is 23.9 Å². The molecule has 4 N–H and O–H groups in total. The largest absolute Gasteiger partial charge is 0.487 e. The number of amides is 5. The number of nitrogens with one attached hydrogen (secondary N) is 3. The summed E-state index contributed by atoms with van der Waals surface area (Å²) in [6.07, 6.45) is 4.78. The maximum atomic E-state index is 13.7. The second-order valence-corrected chi connectivity index (χ2v) is 11.1. The average Bonchev–Trinajstić information content (AvgIpc) is 2.96. The summed E-state index contributed by atoms with van der Waals surface area (Å²) >= 11 is 0. The van der Waals surface area contributed by atoms with E-state index in [0.717, 1.165) is 25.7 Å². The number of fused-ring (bicyclic) bond motifs is 1. The van der Waals surface area contributed by atoms with Crippen molar-refractivity contribution >= 4 is 29.3 Å². The van der Waals surface area contributed by atoms with Gasteiger partial charge in [-0.1, -0.05) is 26.2 Å². The number of carbonyl (C=O) groups is 3. The van der Waals surface area contributed by atoms with Gasteiger partial charge in [0.15, 0.2) is 0 Å². The zero-order valence-electron chi connectivity index (χ0n) is 23.9. The molecule has 4 rings (SSSR count). The van der Waals surface area contributed by atoms with Crippen molar-refractivity contribution in [2.75, 3.05) is 37.4 Å². The molecular weight excluding hydrogens is 529 g/mol. The molecule has 5 amide bonds. The summed E-state index contributed by atoms with van der Waals surface area (Å²) in [6, 6.07) is 9.38. The fraction of sp³-hybridized carbons (Fsp3) is 0.500. The Morgan fingerprint density at radius 3 is 2.46 bits per heavy atom. The maximum absolute atomic E-state index is 13.7. The summed E-state index contributed by atoms with van der Waals surface area (Å²) in [5.74, 6) is -0.578. The lowest BCUT2D eigenvalue weighted by molar-refractivity contribution is 0.0371. The molecule has 0 radical (unpaired) electrons. The number of aliphatic hydroxyl groups excluding tert-OH is 1. The van der Waals surface area contributed by atoms with Crippen LogP contribution in [0.3, 0.4) is 0 Å². The van der Waals surface area contributed by atoms with E-state index < -0.39 is 24.0 Å². The molecule has 1 aliphatic heterocycles. The van der Waals surface area contributed by atoms with Crippen molar-refractivity contribution in [2.45, 2.75) is 64.1 Å². The topological polar surface area (TPSA) is 123 Å². The van der Waals surface area contributed by atoms with Gasteiger partial charge in [0.2, 0.25) is 0 Å². The Morgan fingerprint density at radius 2 is 1.78 bits per heavy atom. The molecule has 0 saturated heterocycles. The first kappa shape index (κ1) is 30.1. The SMILES string of the molecule is C[C@H](CO)N1C[C@H](C)[C@@H](CN(C)C(=O)Nc2ccc(F)cc2)Oc2ccc(NC(=O)NC3CCCCC3)cc2C1=O. The van der Waals surface area contributed by atoms with Crippen molar-refractivity contribution in [3.63, 3.8) is 0 Å². The Morgan fingerprint density at radius 1 is 1.10 bits per heavy atom. The van der Waals surface area contributed by atoms with Crippen LogP contribution in [0.5, 0.6) is 5.75 Å². The van der Waals surface area contributed by atoms with Crippen molar-refractivity contribution in [2.24, 2.45) is 5.92 Å². The normalized spacial score (nSPS) is 20.1. The predicted molar refractivity (Wildman–Crippen MR) is 155 cm³/mol. The van der Waals surface area contributed by atoms with Crippen LogP contribution >= 0.6 is 0 Å². The number of aliphatic hydroxyl groups is 1. The molecular formula is C30H40FN5O5. The summed E-state index contributed by atoms with van der Waals surface area (Å²) in [5.41, 5.74) is 1.17. The van der Waals surface area contributed by atoms with Gasteiger partial charge in [-0.2, -0.15) is 0 Å². The smallest absolute Gasteiger partial charge is 0.321 e. The molecule has 0 bridgehead atoms. The third-order valence-electron chi connectivity index (χ3n) is 7.76. The monoisotopic (exact) mass is 569 g/mol. The molecule has 3 atom stereocenters. The van der Waals surface area contributed by atoms with Gasteiger partial charge in [-0.15, -0.1) is 0 Å². The highest BCUT2D eigenvalue weighted by molar-refractivity contribution is 5.99. The molecule has 2 aromatic rings. The van der Waals surface area contributed by atoms with E-state index in [2.05, 4.69) is 16.0 Å². The molecule has 222 valence electrons. The van der Waals surface area contributed by atoms with Crippen LogP contribution < -0.4 is 20.7 Å². The Bertz CT molecular complexity index is 1220. The first-order valence-corrected chi connectivity index (χ1v) is 14.2.